The van der Waals surface area contributed by atoms with Gasteiger partial charge in [0.25, 0.3) is 0 Å². The topological polar surface area (TPSA) is 109 Å². The predicted octanol–water partition coefficient (Wildman–Crippen LogP) is 1.53. The average molecular weight is 330 g/mol. The van der Waals surface area contributed by atoms with Crippen LogP contribution in [0.25, 0.3) is 11.5 Å². The Morgan fingerprint density at radius 2 is 2.21 bits per heavy atom. The summed E-state index contributed by atoms with van der Waals surface area (Å²) >= 11 is 0. The van der Waals surface area contributed by atoms with Crippen molar-refractivity contribution in [1.29, 1.82) is 0 Å². The Morgan fingerprint density at radius 3 is 2.83 bits per heavy atom. The normalized spacial score (nSPS) is 15.0. The highest BCUT2D eigenvalue weighted by molar-refractivity contribution is 5.84. The fourth-order valence-corrected chi connectivity index (χ4v) is 2.51. The standard InChI is InChI=1S/C16H18N4O4/c1-10(16(22)23)20(11-5-6-11)14(21)8-7-13-18-15(19-24-13)12-4-2-3-9-17-12/h2-4,9-11H,5-8H2,1H3,(H,22,23). The van der Waals surface area contributed by atoms with Crippen molar-refractivity contribution < 1.29 is 19.2 Å². The van der Waals surface area contributed by atoms with E-state index in [4.69, 9.17) is 9.63 Å². The molecule has 8 heteroatoms. The van der Waals surface area contributed by atoms with Crippen LogP contribution >= 0.6 is 0 Å². The Hall–Kier alpha value is -2.77. The largest absolute Gasteiger partial charge is 0.480 e. The third-order valence-electron chi connectivity index (χ3n) is 3.92. The van der Waals surface area contributed by atoms with Crippen molar-refractivity contribution in [3.8, 4) is 11.5 Å². The molecule has 1 amide bonds. The van der Waals surface area contributed by atoms with Gasteiger partial charge in [-0.1, -0.05) is 11.2 Å². The summed E-state index contributed by atoms with van der Waals surface area (Å²) in [4.78, 5) is 33.4. The number of hydrogen-bond acceptors (Lipinski definition) is 6. The Labute approximate surface area is 138 Å². The zero-order valence-electron chi connectivity index (χ0n) is 13.3. The van der Waals surface area contributed by atoms with E-state index in [2.05, 4.69) is 15.1 Å². The van der Waals surface area contributed by atoms with E-state index in [0.717, 1.165) is 12.8 Å². The number of carboxylic acid groups (broad SMARTS) is 1. The van der Waals surface area contributed by atoms with Crippen LogP contribution in [0.15, 0.2) is 28.9 Å². The zero-order valence-corrected chi connectivity index (χ0v) is 13.3. The Morgan fingerprint density at radius 1 is 1.42 bits per heavy atom. The molecule has 2 aromatic heterocycles. The first kappa shape index (κ1) is 16.1. The molecule has 2 heterocycles. The number of aryl methyl sites for hydroxylation is 1. The summed E-state index contributed by atoms with van der Waals surface area (Å²) in [6.07, 6.45) is 3.75. The molecular formula is C16H18N4O4. The van der Waals surface area contributed by atoms with Gasteiger partial charge in [0, 0.05) is 25.1 Å². The van der Waals surface area contributed by atoms with Crippen molar-refractivity contribution in [3.05, 3.63) is 30.3 Å². The fraction of sp³-hybridized carbons (Fsp3) is 0.438. The quantitative estimate of drug-likeness (QED) is 0.819. The van der Waals surface area contributed by atoms with Gasteiger partial charge in [0.2, 0.25) is 17.6 Å². The summed E-state index contributed by atoms with van der Waals surface area (Å²) < 4.78 is 5.15. The minimum Gasteiger partial charge on any atom is -0.480 e. The molecule has 0 saturated heterocycles. The number of nitrogens with zero attached hydrogens (tertiary/aromatic N) is 4. The minimum atomic E-state index is -0.995. The van der Waals surface area contributed by atoms with E-state index in [9.17, 15) is 9.59 Å². The lowest BCUT2D eigenvalue weighted by Gasteiger charge is -2.26. The lowest BCUT2D eigenvalue weighted by molar-refractivity contribution is -0.150. The molecule has 1 aliphatic rings. The van der Waals surface area contributed by atoms with Gasteiger partial charge in [-0.25, -0.2) is 4.79 Å². The third-order valence-corrected chi connectivity index (χ3v) is 3.92. The zero-order chi connectivity index (χ0) is 17.1. The number of hydrogen-bond donors (Lipinski definition) is 1. The van der Waals surface area contributed by atoms with E-state index < -0.39 is 12.0 Å². The molecule has 126 valence electrons. The van der Waals surface area contributed by atoms with Crippen LogP contribution in [-0.4, -0.2) is 49.1 Å². The molecule has 1 aliphatic carbocycles. The number of carbonyl (C=O) groups is 2. The Balaban J connectivity index is 1.62. The summed E-state index contributed by atoms with van der Waals surface area (Å²) in [6, 6.07) is 4.59. The van der Waals surface area contributed by atoms with Crippen LogP contribution in [0, 0.1) is 0 Å². The van der Waals surface area contributed by atoms with Gasteiger partial charge in [-0.05, 0) is 31.9 Å². The SMILES string of the molecule is CC(C(=O)O)N(C(=O)CCc1nc(-c2ccccn2)no1)C1CC1. The molecule has 0 radical (unpaired) electrons. The molecule has 0 aromatic carbocycles. The molecule has 8 nitrogen and oxygen atoms in total. The lowest BCUT2D eigenvalue weighted by Crippen LogP contribution is -2.44. The van der Waals surface area contributed by atoms with Gasteiger partial charge < -0.3 is 14.5 Å². The maximum Gasteiger partial charge on any atom is 0.326 e. The van der Waals surface area contributed by atoms with Gasteiger partial charge in [-0.15, -0.1) is 0 Å². The molecule has 0 spiro atoms. The summed E-state index contributed by atoms with van der Waals surface area (Å²) in [5, 5.41) is 13.0. The van der Waals surface area contributed by atoms with E-state index in [-0.39, 0.29) is 24.8 Å². The van der Waals surface area contributed by atoms with Crippen molar-refractivity contribution >= 4 is 11.9 Å². The highest BCUT2D eigenvalue weighted by Gasteiger charge is 2.38. The molecule has 0 bridgehead atoms. The average Bonchev–Trinajstić information content (AvgIpc) is 3.30. The molecule has 3 rings (SSSR count). The van der Waals surface area contributed by atoms with Crippen LogP contribution in [0.1, 0.15) is 32.1 Å². The van der Waals surface area contributed by atoms with Crippen LogP contribution in [0.2, 0.25) is 0 Å². The van der Waals surface area contributed by atoms with Gasteiger partial charge in [0.05, 0.1) is 0 Å². The Kier molecular flexibility index (Phi) is 4.54. The maximum atomic E-state index is 12.4. The first-order chi connectivity index (χ1) is 11.6. The predicted molar refractivity (Wildman–Crippen MR) is 82.8 cm³/mol. The minimum absolute atomic E-state index is 0.0374. The molecule has 1 N–H and O–H groups in total. The summed E-state index contributed by atoms with van der Waals surface area (Å²) in [5.41, 5.74) is 0.595. The Bertz CT molecular complexity index is 727. The number of rotatable bonds is 7. The van der Waals surface area contributed by atoms with Gasteiger partial charge in [0.1, 0.15) is 11.7 Å². The first-order valence-electron chi connectivity index (χ1n) is 7.84. The number of aliphatic carboxylic acids is 1. The second-order valence-electron chi connectivity index (χ2n) is 5.77. The van der Waals surface area contributed by atoms with Crippen molar-refractivity contribution in [2.75, 3.05) is 0 Å². The van der Waals surface area contributed by atoms with Crippen molar-refractivity contribution in [2.24, 2.45) is 0 Å². The second-order valence-corrected chi connectivity index (χ2v) is 5.77. The summed E-state index contributed by atoms with van der Waals surface area (Å²) in [6.45, 7) is 1.53. The van der Waals surface area contributed by atoms with Crippen LogP contribution in [0.3, 0.4) is 0 Å². The molecular weight excluding hydrogens is 312 g/mol. The number of amides is 1. The molecule has 1 saturated carbocycles. The van der Waals surface area contributed by atoms with Crippen LogP contribution < -0.4 is 0 Å². The van der Waals surface area contributed by atoms with Crippen LogP contribution in [0.4, 0.5) is 0 Å². The van der Waals surface area contributed by atoms with Gasteiger partial charge in [0.15, 0.2) is 0 Å². The highest BCUT2D eigenvalue weighted by Crippen LogP contribution is 2.29. The second kappa shape index (κ2) is 6.77. The molecule has 1 fully saturated rings. The molecule has 1 unspecified atom stereocenters. The van der Waals surface area contributed by atoms with Gasteiger partial charge in [-0.3, -0.25) is 9.78 Å². The van der Waals surface area contributed by atoms with E-state index in [0.29, 0.717) is 17.4 Å². The molecule has 24 heavy (non-hydrogen) atoms. The van der Waals surface area contributed by atoms with Gasteiger partial charge in [-0.2, -0.15) is 4.98 Å². The number of carbonyl (C=O) groups excluding carboxylic acids is 1. The van der Waals surface area contributed by atoms with E-state index in [1.54, 1.807) is 18.3 Å². The van der Waals surface area contributed by atoms with Crippen LogP contribution in [0.5, 0.6) is 0 Å². The molecule has 0 aliphatic heterocycles. The number of carboxylic acids is 1. The lowest BCUT2D eigenvalue weighted by atomic mass is 10.2. The molecule has 1 atom stereocenters. The highest BCUT2D eigenvalue weighted by atomic mass is 16.5. The first-order valence-corrected chi connectivity index (χ1v) is 7.84. The summed E-state index contributed by atoms with van der Waals surface area (Å²) in [5.74, 6) is -0.491. The van der Waals surface area contributed by atoms with Crippen molar-refractivity contribution in [2.45, 2.75) is 44.7 Å². The fourth-order valence-electron chi connectivity index (χ4n) is 2.51. The smallest absolute Gasteiger partial charge is 0.326 e. The number of pyridine rings is 1. The monoisotopic (exact) mass is 330 g/mol. The van der Waals surface area contributed by atoms with E-state index in [1.165, 1.54) is 11.8 Å². The van der Waals surface area contributed by atoms with Crippen molar-refractivity contribution in [3.63, 3.8) is 0 Å². The maximum absolute atomic E-state index is 12.4. The number of aromatic nitrogens is 3. The third kappa shape index (κ3) is 3.58. The van der Waals surface area contributed by atoms with Gasteiger partial charge >= 0.3 is 5.97 Å². The molecule has 2 aromatic rings. The van der Waals surface area contributed by atoms with Crippen molar-refractivity contribution in [1.82, 2.24) is 20.0 Å². The summed E-state index contributed by atoms with van der Waals surface area (Å²) in [7, 11) is 0. The van der Waals surface area contributed by atoms with E-state index in [1.807, 2.05) is 6.07 Å². The van der Waals surface area contributed by atoms with E-state index >= 15 is 0 Å². The van der Waals surface area contributed by atoms with Crippen LogP contribution in [-0.2, 0) is 16.0 Å².